The Morgan fingerprint density at radius 2 is 1.70 bits per heavy atom. The largest absolute Gasteiger partial charge is 0.484 e. The van der Waals surface area contributed by atoms with Gasteiger partial charge >= 0.3 is 6.18 Å². The van der Waals surface area contributed by atoms with Crippen molar-refractivity contribution < 1.29 is 22.7 Å². The molecule has 1 heterocycles. The molecule has 0 atom stereocenters. The topological polar surface area (TPSA) is 44.8 Å². The van der Waals surface area contributed by atoms with Crippen molar-refractivity contribution in [1.29, 1.82) is 0 Å². The zero-order chi connectivity index (χ0) is 21.6. The molecular formula is C22H26F3N3O2. The number of nitrogens with zero attached hydrogens (tertiary/aromatic N) is 2. The number of ether oxygens (including phenoxy) is 1. The van der Waals surface area contributed by atoms with E-state index < -0.39 is 11.7 Å². The lowest BCUT2D eigenvalue weighted by atomic mass is 10.1. The molecule has 5 nitrogen and oxygen atoms in total. The van der Waals surface area contributed by atoms with Crippen molar-refractivity contribution >= 4 is 5.91 Å². The number of hydrogen-bond acceptors (Lipinski definition) is 4. The number of carbonyl (C=O) groups is 1. The van der Waals surface area contributed by atoms with Crippen LogP contribution in [-0.2, 0) is 24.1 Å². The second-order valence-corrected chi connectivity index (χ2v) is 7.49. The smallest absolute Gasteiger partial charge is 0.416 e. The monoisotopic (exact) mass is 421 g/mol. The van der Waals surface area contributed by atoms with E-state index in [2.05, 4.69) is 34.3 Å². The fraction of sp³-hybridized carbons (Fsp3) is 0.409. The van der Waals surface area contributed by atoms with Crippen LogP contribution in [0.2, 0.25) is 0 Å². The minimum atomic E-state index is -4.39. The first-order chi connectivity index (χ1) is 14.3. The van der Waals surface area contributed by atoms with Gasteiger partial charge < -0.3 is 15.0 Å². The van der Waals surface area contributed by atoms with Crippen LogP contribution >= 0.6 is 0 Å². The summed E-state index contributed by atoms with van der Waals surface area (Å²) < 4.78 is 42.9. The zero-order valence-electron chi connectivity index (χ0n) is 16.9. The summed E-state index contributed by atoms with van der Waals surface area (Å²) >= 11 is 0. The molecule has 30 heavy (non-hydrogen) atoms. The predicted octanol–water partition coefficient (Wildman–Crippen LogP) is 3.15. The highest BCUT2D eigenvalue weighted by atomic mass is 19.4. The predicted molar refractivity (Wildman–Crippen MR) is 108 cm³/mol. The fourth-order valence-electron chi connectivity index (χ4n) is 3.24. The highest BCUT2D eigenvalue weighted by Gasteiger charge is 2.30. The summed E-state index contributed by atoms with van der Waals surface area (Å²) in [6, 6.07) is 12.4. The first-order valence-corrected chi connectivity index (χ1v) is 9.85. The van der Waals surface area contributed by atoms with E-state index >= 15 is 0 Å². The van der Waals surface area contributed by atoms with Crippen molar-refractivity contribution in [2.75, 3.05) is 39.8 Å². The van der Waals surface area contributed by atoms with Crippen LogP contribution < -0.4 is 10.1 Å². The zero-order valence-corrected chi connectivity index (χ0v) is 16.9. The molecule has 1 fully saturated rings. The average molecular weight is 421 g/mol. The van der Waals surface area contributed by atoms with Crippen molar-refractivity contribution in [2.24, 2.45) is 0 Å². The molecule has 0 saturated carbocycles. The van der Waals surface area contributed by atoms with Crippen LogP contribution in [-0.4, -0.2) is 55.5 Å². The normalized spacial score (nSPS) is 15.7. The number of hydrogen-bond donors (Lipinski definition) is 1. The number of rotatable bonds is 7. The lowest BCUT2D eigenvalue weighted by Gasteiger charge is -2.32. The molecule has 0 spiro atoms. The third kappa shape index (κ3) is 6.74. The number of alkyl halides is 3. The molecule has 0 unspecified atom stereocenters. The Bertz CT molecular complexity index is 832. The molecule has 2 aromatic carbocycles. The fourth-order valence-corrected chi connectivity index (χ4v) is 3.24. The lowest BCUT2D eigenvalue weighted by Crippen LogP contribution is -2.43. The van der Waals surface area contributed by atoms with Crippen molar-refractivity contribution in [1.82, 2.24) is 15.1 Å². The van der Waals surface area contributed by atoms with Crippen LogP contribution in [0.25, 0.3) is 0 Å². The van der Waals surface area contributed by atoms with Crippen LogP contribution in [0.5, 0.6) is 5.75 Å². The number of carbonyl (C=O) groups excluding carboxylic acids is 1. The van der Waals surface area contributed by atoms with E-state index in [0.29, 0.717) is 6.54 Å². The van der Waals surface area contributed by atoms with E-state index in [4.69, 9.17) is 4.74 Å². The van der Waals surface area contributed by atoms with Gasteiger partial charge in [0.1, 0.15) is 5.75 Å². The van der Waals surface area contributed by atoms with Crippen LogP contribution in [0.15, 0.2) is 48.5 Å². The summed E-state index contributed by atoms with van der Waals surface area (Å²) in [6.45, 7) is 5.20. The third-order valence-electron chi connectivity index (χ3n) is 5.03. The maximum absolute atomic E-state index is 12.6. The Balaban J connectivity index is 1.43. The Labute approximate surface area is 174 Å². The van der Waals surface area contributed by atoms with Gasteiger partial charge in [-0.2, -0.15) is 13.2 Å². The Morgan fingerprint density at radius 3 is 2.37 bits per heavy atom. The molecule has 0 radical (unpaired) electrons. The van der Waals surface area contributed by atoms with Gasteiger partial charge in [0.05, 0.1) is 5.56 Å². The molecular weight excluding hydrogens is 395 g/mol. The van der Waals surface area contributed by atoms with Gasteiger partial charge in [-0.15, -0.1) is 0 Å². The van der Waals surface area contributed by atoms with Crippen LogP contribution in [0, 0.1) is 0 Å². The lowest BCUT2D eigenvalue weighted by molar-refractivity contribution is -0.137. The number of benzene rings is 2. The molecule has 1 aliphatic rings. The number of amides is 1. The van der Waals surface area contributed by atoms with E-state index in [9.17, 15) is 18.0 Å². The molecule has 2 aromatic rings. The molecule has 3 rings (SSSR count). The third-order valence-corrected chi connectivity index (χ3v) is 5.03. The molecule has 162 valence electrons. The van der Waals surface area contributed by atoms with Gasteiger partial charge in [-0.1, -0.05) is 24.3 Å². The summed E-state index contributed by atoms with van der Waals surface area (Å²) in [5.41, 5.74) is 1.44. The van der Waals surface area contributed by atoms with Crippen molar-refractivity contribution in [3.05, 3.63) is 65.2 Å². The molecule has 1 aliphatic heterocycles. The number of halogens is 3. The first kappa shape index (κ1) is 22.1. The van der Waals surface area contributed by atoms with Gasteiger partial charge in [0.2, 0.25) is 0 Å². The highest BCUT2D eigenvalue weighted by molar-refractivity contribution is 5.77. The van der Waals surface area contributed by atoms with E-state index in [1.807, 2.05) is 12.1 Å². The number of likely N-dealkylation sites (N-methyl/N-ethyl adjacent to an activating group) is 1. The SMILES string of the molecule is CN1CCN(Cc2cccc(CNC(=O)COc3ccc(C(F)(F)F)cc3)c2)CC1. The van der Waals surface area contributed by atoms with Crippen LogP contribution in [0.3, 0.4) is 0 Å². The number of piperazine rings is 1. The van der Waals surface area contributed by atoms with Gasteiger partial charge in [-0.3, -0.25) is 9.69 Å². The van der Waals surface area contributed by atoms with Crippen LogP contribution in [0.1, 0.15) is 16.7 Å². The maximum atomic E-state index is 12.6. The van der Waals surface area contributed by atoms with Crippen molar-refractivity contribution in [3.63, 3.8) is 0 Å². The summed E-state index contributed by atoms with van der Waals surface area (Å²) in [5, 5.41) is 2.78. The maximum Gasteiger partial charge on any atom is 0.416 e. The van der Waals surface area contributed by atoms with E-state index in [1.165, 1.54) is 17.7 Å². The molecule has 1 saturated heterocycles. The highest BCUT2D eigenvalue weighted by Crippen LogP contribution is 2.30. The van der Waals surface area contributed by atoms with E-state index in [1.54, 1.807) is 0 Å². The minimum absolute atomic E-state index is 0.215. The average Bonchev–Trinajstić information content (AvgIpc) is 2.72. The molecule has 1 N–H and O–H groups in total. The van der Waals surface area contributed by atoms with Crippen LogP contribution in [0.4, 0.5) is 13.2 Å². The molecule has 0 aliphatic carbocycles. The van der Waals surface area contributed by atoms with E-state index in [-0.39, 0.29) is 18.3 Å². The van der Waals surface area contributed by atoms with Gasteiger partial charge in [0.15, 0.2) is 6.61 Å². The second kappa shape index (κ2) is 9.95. The quantitative estimate of drug-likeness (QED) is 0.746. The Hall–Kier alpha value is -2.58. The second-order valence-electron chi connectivity index (χ2n) is 7.49. The van der Waals surface area contributed by atoms with Gasteiger partial charge in [0.25, 0.3) is 5.91 Å². The number of nitrogens with one attached hydrogen (secondary N) is 1. The van der Waals surface area contributed by atoms with Gasteiger partial charge in [-0.25, -0.2) is 0 Å². The molecule has 1 amide bonds. The van der Waals surface area contributed by atoms with Gasteiger partial charge in [-0.05, 0) is 42.4 Å². The Morgan fingerprint density at radius 1 is 1.03 bits per heavy atom. The minimum Gasteiger partial charge on any atom is -0.484 e. The summed E-state index contributed by atoms with van der Waals surface area (Å²) in [4.78, 5) is 16.7. The van der Waals surface area contributed by atoms with Gasteiger partial charge in [0, 0.05) is 39.3 Å². The standard InChI is InChI=1S/C22H26F3N3O2/c1-27-9-11-28(12-10-27)15-18-4-2-3-17(13-18)14-26-21(29)16-30-20-7-5-19(6-8-20)22(23,24)25/h2-8,13H,9-12,14-16H2,1H3,(H,26,29). The summed E-state index contributed by atoms with van der Waals surface area (Å²) in [7, 11) is 2.13. The Kier molecular flexibility index (Phi) is 7.33. The van der Waals surface area contributed by atoms with E-state index in [0.717, 1.165) is 50.4 Å². The first-order valence-electron chi connectivity index (χ1n) is 9.85. The molecule has 8 heteroatoms. The summed E-state index contributed by atoms with van der Waals surface area (Å²) in [5.74, 6) is -0.119. The van der Waals surface area contributed by atoms with Crippen molar-refractivity contribution in [2.45, 2.75) is 19.3 Å². The summed E-state index contributed by atoms with van der Waals surface area (Å²) in [6.07, 6.45) is -4.39. The molecule has 0 aromatic heterocycles. The van der Waals surface area contributed by atoms with Crippen molar-refractivity contribution in [3.8, 4) is 5.75 Å². The molecule has 0 bridgehead atoms.